The van der Waals surface area contributed by atoms with Crippen molar-refractivity contribution in [2.24, 2.45) is 0 Å². The first kappa shape index (κ1) is 14.0. The van der Waals surface area contributed by atoms with Gasteiger partial charge in [-0.15, -0.1) is 0 Å². The van der Waals surface area contributed by atoms with Gasteiger partial charge in [0.05, 0.1) is 20.2 Å². The molecule has 0 N–H and O–H groups in total. The largest absolute Gasteiger partial charge is 0.497 e. The summed E-state index contributed by atoms with van der Waals surface area (Å²) in [6.07, 6.45) is 0. The second kappa shape index (κ2) is 5.73. The van der Waals surface area contributed by atoms with Gasteiger partial charge in [0.1, 0.15) is 12.3 Å². The van der Waals surface area contributed by atoms with Crippen LogP contribution in [0.5, 0.6) is 5.75 Å². The number of carbonyl (C=O) groups is 3. The van der Waals surface area contributed by atoms with E-state index in [0.29, 0.717) is 11.3 Å². The Hall–Kier alpha value is -2.37. The second-order valence-corrected chi connectivity index (χ2v) is 4.65. The second-order valence-electron chi connectivity index (χ2n) is 4.65. The number of methoxy groups -OCH3 is 1. The number of ether oxygens (including phenoxy) is 1. The summed E-state index contributed by atoms with van der Waals surface area (Å²) in [5, 5.41) is 0. The van der Waals surface area contributed by atoms with Crippen LogP contribution < -0.4 is 4.74 Å². The molecular weight excluding hydrogens is 260 g/mol. The maximum atomic E-state index is 12.1. The summed E-state index contributed by atoms with van der Waals surface area (Å²) in [4.78, 5) is 38.1. The molecule has 1 aliphatic rings. The molecule has 1 aromatic rings. The van der Waals surface area contributed by atoms with Crippen molar-refractivity contribution in [2.75, 3.05) is 33.8 Å². The Labute approximate surface area is 116 Å². The molecular formula is C14H16N2O4. The highest BCUT2D eigenvalue weighted by molar-refractivity contribution is 6.01. The van der Waals surface area contributed by atoms with Crippen LogP contribution in [0.25, 0.3) is 0 Å². The van der Waals surface area contributed by atoms with E-state index in [1.54, 1.807) is 38.4 Å². The molecule has 1 heterocycles. The molecule has 2 amide bonds. The average Bonchev–Trinajstić information content (AvgIpc) is 2.44. The standard InChI is InChI=1S/C14H16N2O4/c1-15-8-14(19)16(9-13(15)18)7-12(17)10-3-5-11(20-2)6-4-10/h3-6H,7-9H2,1-2H3. The monoisotopic (exact) mass is 276 g/mol. The first-order chi connectivity index (χ1) is 9.51. The zero-order valence-electron chi connectivity index (χ0n) is 11.5. The smallest absolute Gasteiger partial charge is 0.243 e. The highest BCUT2D eigenvalue weighted by atomic mass is 16.5. The fourth-order valence-corrected chi connectivity index (χ4v) is 1.95. The topological polar surface area (TPSA) is 66.9 Å². The predicted octanol–water partition coefficient (Wildman–Crippen LogP) is 0.178. The molecule has 6 nitrogen and oxygen atoms in total. The van der Waals surface area contributed by atoms with E-state index in [0.717, 1.165) is 0 Å². The third-order valence-electron chi connectivity index (χ3n) is 3.22. The van der Waals surface area contributed by atoms with Crippen LogP contribution in [0.1, 0.15) is 10.4 Å². The average molecular weight is 276 g/mol. The number of amides is 2. The van der Waals surface area contributed by atoms with Crippen LogP contribution in [-0.2, 0) is 9.59 Å². The van der Waals surface area contributed by atoms with Gasteiger partial charge in [-0.05, 0) is 24.3 Å². The molecule has 1 aromatic carbocycles. The number of carbonyl (C=O) groups excluding carboxylic acids is 3. The minimum atomic E-state index is -0.214. The number of nitrogens with zero attached hydrogens (tertiary/aromatic N) is 2. The van der Waals surface area contributed by atoms with Gasteiger partial charge in [0.2, 0.25) is 11.8 Å². The summed E-state index contributed by atoms with van der Waals surface area (Å²) in [6.45, 7) is -0.100. The van der Waals surface area contributed by atoms with Crippen LogP contribution in [0.2, 0.25) is 0 Å². The number of likely N-dealkylation sites (N-methyl/N-ethyl adjacent to an activating group) is 1. The SMILES string of the molecule is COc1ccc(C(=O)CN2CC(=O)N(C)CC2=O)cc1. The van der Waals surface area contributed by atoms with Crippen LogP contribution in [0.15, 0.2) is 24.3 Å². The molecule has 0 atom stereocenters. The van der Waals surface area contributed by atoms with Gasteiger partial charge in [-0.1, -0.05) is 0 Å². The zero-order chi connectivity index (χ0) is 14.7. The van der Waals surface area contributed by atoms with Crippen LogP contribution in [0.3, 0.4) is 0 Å². The third kappa shape index (κ3) is 2.96. The van der Waals surface area contributed by atoms with E-state index in [1.807, 2.05) is 0 Å². The maximum Gasteiger partial charge on any atom is 0.243 e. The fraction of sp³-hybridized carbons (Fsp3) is 0.357. The van der Waals surface area contributed by atoms with Crippen molar-refractivity contribution in [1.29, 1.82) is 0 Å². The Morgan fingerprint density at radius 1 is 1.15 bits per heavy atom. The molecule has 1 aliphatic heterocycles. The van der Waals surface area contributed by atoms with E-state index in [9.17, 15) is 14.4 Å². The minimum Gasteiger partial charge on any atom is -0.497 e. The number of rotatable bonds is 4. The number of benzene rings is 1. The van der Waals surface area contributed by atoms with Crippen molar-refractivity contribution in [3.63, 3.8) is 0 Å². The number of ketones is 1. The van der Waals surface area contributed by atoms with Crippen molar-refractivity contribution >= 4 is 17.6 Å². The molecule has 20 heavy (non-hydrogen) atoms. The molecule has 1 fully saturated rings. The highest BCUT2D eigenvalue weighted by Gasteiger charge is 2.28. The predicted molar refractivity (Wildman–Crippen MR) is 71.5 cm³/mol. The van der Waals surface area contributed by atoms with E-state index in [4.69, 9.17) is 4.74 Å². The molecule has 0 bridgehead atoms. The lowest BCUT2D eigenvalue weighted by atomic mass is 10.1. The molecule has 0 radical (unpaired) electrons. The first-order valence-corrected chi connectivity index (χ1v) is 6.20. The van der Waals surface area contributed by atoms with Gasteiger partial charge in [-0.25, -0.2) is 0 Å². The van der Waals surface area contributed by atoms with Gasteiger partial charge in [0.25, 0.3) is 0 Å². The Morgan fingerprint density at radius 2 is 1.80 bits per heavy atom. The number of piperazine rings is 1. The maximum absolute atomic E-state index is 12.1. The third-order valence-corrected chi connectivity index (χ3v) is 3.22. The first-order valence-electron chi connectivity index (χ1n) is 6.20. The summed E-state index contributed by atoms with van der Waals surface area (Å²) in [5.41, 5.74) is 0.491. The molecule has 0 aromatic heterocycles. The molecule has 0 spiro atoms. The van der Waals surface area contributed by atoms with Gasteiger partial charge < -0.3 is 14.5 Å². The van der Waals surface area contributed by atoms with E-state index in [2.05, 4.69) is 0 Å². The number of Topliss-reactive ketones (excluding diaryl/α,β-unsaturated/α-hetero) is 1. The van der Waals surface area contributed by atoms with Crippen molar-refractivity contribution in [2.45, 2.75) is 0 Å². The number of hydrogen-bond acceptors (Lipinski definition) is 4. The molecule has 6 heteroatoms. The molecule has 0 unspecified atom stereocenters. The molecule has 2 rings (SSSR count). The normalized spacial score (nSPS) is 15.5. The Kier molecular flexibility index (Phi) is 4.02. The Bertz CT molecular complexity index is 539. The number of hydrogen-bond donors (Lipinski definition) is 0. The van der Waals surface area contributed by atoms with Crippen LogP contribution in [0.4, 0.5) is 0 Å². The lowest BCUT2D eigenvalue weighted by molar-refractivity contribution is -0.148. The lowest BCUT2D eigenvalue weighted by Gasteiger charge is -2.31. The molecule has 1 saturated heterocycles. The highest BCUT2D eigenvalue weighted by Crippen LogP contribution is 2.13. The van der Waals surface area contributed by atoms with E-state index in [1.165, 1.54) is 9.80 Å². The van der Waals surface area contributed by atoms with Crippen LogP contribution in [0, 0.1) is 0 Å². The Balaban J connectivity index is 2.03. The van der Waals surface area contributed by atoms with E-state index >= 15 is 0 Å². The summed E-state index contributed by atoms with van der Waals surface area (Å²) < 4.78 is 5.02. The van der Waals surface area contributed by atoms with Gasteiger partial charge >= 0.3 is 0 Å². The summed E-state index contributed by atoms with van der Waals surface area (Å²) >= 11 is 0. The van der Waals surface area contributed by atoms with Crippen molar-refractivity contribution in [3.8, 4) is 5.75 Å². The van der Waals surface area contributed by atoms with Crippen molar-refractivity contribution in [1.82, 2.24) is 9.80 Å². The van der Waals surface area contributed by atoms with Gasteiger partial charge in [0, 0.05) is 12.6 Å². The summed E-state index contributed by atoms with van der Waals surface area (Å²) in [6, 6.07) is 6.65. The van der Waals surface area contributed by atoms with Crippen LogP contribution >= 0.6 is 0 Å². The zero-order valence-corrected chi connectivity index (χ0v) is 11.5. The van der Waals surface area contributed by atoms with E-state index < -0.39 is 0 Å². The quantitative estimate of drug-likeness (QED) is 0.736. The Morgan fingerprint density at radius 3 is 2.40 bits per heavy atom. The van der Waals surface area contributed by atoms with Crippen molar-refractivity contribution in [3.05, 3.63) is 29.8 Å². The fourth-order valence-electron chi connectivity index (χ4n) is 1.95. The van der Waals surface area contributed by atoms with Gasteiger partial charge in [-0.2, -0.15) is 0 Å². The van der Waals surface area contributed by atoms with Gasteiger partial charge in [0.15, 0.2) is 5.78 Å². The molecule has 0 aliphatic carbocycles. The molecule has 106 valence electrons. The summed E-state index contributed by atoms with van der Waals surface area (Å²) in [5.74, 6) is 0.0897. The minimum absolute atomic E-state index is 0.0225. The lowest BCUT2D eigenvalue weighted by Crippen LogP contribution is -2.53. The summed E-state index contributed by atoms with van der Waals surface area (Å²) in [7, 11) is 3.12. The molecule has 0 saturated carbocycles. The van der Waals surface area contributed by atoms with E-state index in [-0.39, 0.29) is 37.2 Å². The van der Waals surface area contributed by atoms with Crippen LogP contribution in [-0.4, -0.2) is 61.2 Å². The van der Waals surface area contributed by atoms with Crippen molar-refractivity contribution < 1.29 is 19.1 Å². The van der Waals surface area contributed by atoms with Gasteiger partial charge in [-0.3, -0.25) is 14.4 Å².